The largest absolute Gasteiger partial charge is 0.497 e. The van der Waals surface area contributed by atoms with Gasteiger partial charge in [0.05, 0.1) is 13.0 Å². The Morgan fingerprint density at radius 2 is 1.92 bits per heavy atom. The van der Waals surface area contributed by atoms with E-state index in [1.165, 1.54) is 0 Å². The standard InChI is InChI=1S/C20H23N3O3/c1-22(12-9-15-7-10-21-11-8-15)20(25)16-13-19(24)23(14-16)17-3-5-18(26-2)6-4-17/h3-8,10-11,16H,9,12-14H2,1-2H3. The number of likely N-dealkylation sites (N-methyl/N-ethyl adjacent to an activating group) is 1. The lowest BCUT2D eigenvalue weighted by Crippen LogP contribution is -2.36. The molecular weight excluding hydrogens is 330 g/mol. The smallest absolute Gasteiger partial charge is 0.227 e. The van der Waals surface area contributed by atoms with Gasteiger partial charge < -0.3 is 14.5 Å². The third-order valence-electron chi connectivity index (χ3n) is 4.72. The highest BCUT2D eigenvalue weighted by molar-refractivity contribution is 6.00. The molecule has 0 bridgehead atoms. The van der Waals surface area contributed by atoms with Crippen molar-refractivity contribution in [1.29, 1.82) is 0 Å². The van der Waals surface area contributed by atoms with Crippen molar-refractivity contribution in [3.8, 4) is 5.75 Å². The van der Waals surface area contributed by atoms with Crippen LogP contribution in [0.5, 0.6) is 5.75 Å². The Hall–Kier alpha value is -2.89. The van der Waals surface area contributed by atoms with Crippen LogP contribution < -0.4 is 9.64 Å². The van der Waals surface area contributed by atoms with Crippen molar-refractivity contribution in [3.63, 3.8) is 0 Å². The summed E-state index contributed by atoms with van der Waals surface area (Å²) in [6, 6.07) is 11.2. The molecule has 6 nitrogen and oxygen atoms in total. The van der Waals surface area contributed by atoms with Crippen LogP contribution in [0.2, 0.25) is 0 Å². The van der Waals surface area contributed by atoms with Crippen LogP contribution in [0.4, 0.5) is 5.69 Å². The van der Waals surface area contributed by atoms with Gasteiger partial charge in [-0.3, -0.25) is 14.6 Å². The first-order chi connectivity index (χ1) is 12.6. The number of rotatable bonds is 6. The number of aromatic nitrogens is 1. The lowest BCUT2D eigenvalue weighted by Gasteiger charge is -2.21. The van der Waals surface area contributed by atoms with Crippen LogP contribution in [-0.4, -0.2) is 48.9 Å². The predicted octanol–water partition coefficient (Wildman–Crippen LogP) is 2.14. The second-order valence-electron chi connectivity index (χ2n) is 6.47. The minimum absolute atomic E-state index is 0.0171. The molecule has 2 heterocycles. The van der Waals surface area contributed by atoms with E-state index < -0.39 is 0 Å². The Labute approximate surface area is 153 Å². The molecule has 26 heavy (non-hydrogen) atoms. The summed E-state index contributed by atoms with van der Waals surface area (Å²) < 4.78 is 5.14. The Kier molecular flexibility index (Phi) is 5.51. The average molecular weight is 353 g/mol. The number of nitrogens with zero attached hydrogens (tertiary/aromatic N) is 3. The summed E-state index contributed by atoms with van der Waals surface area (Å²) in [5.41, 5.74) is 1.94. The van der Waals surface area contributed by atoms with E-state index in [2.05, 4.69) is 4.98 Å². The van der Waals surface area contributed by atoms with Gasteiger partial charge in [0.25, 0.3) is 0 Å². The Morgan fingerprint density at radius 3 is 2.58 bits per heavy atom. The topological polar surface area (TPSA) is 62.7 Å². The Morgan fingerprint density at radius 1 is 1.23 bits per heavy atom. The van der Waals surface area contributed by atoms with Crippen molar-refractivity contribution < 1.29 is 14.3 Å². The molecule has 1 aliphatic heterocycles. The normalized spacial score (nSPS) is 16.6. The third-order valence-corrected chi connectivity index (χ3v) is 4.72. The number of amides is 2. The van der Waals surface area contributed by atoms with Gasteiger partial charge in [0.2, 0.25) is 11.8 Å². The Bertz CT molecular complexity index is 762. The zero-order valence-corrected chi connectivity index (χ0v) is 15.1. The molecular formula is C20H23N3O3. The van der Waals surface area contributed by atoms with Crippen LogP contribution in [0.1, 0.15) is 12.0 Å². The van der Waals surface area contributed by atoms with Crippen LogP contribution in [0, 0.1) is 5.92 Å². The van der Waals surface area contributed by atoms with E-state index in [0.29, 0.717) is 13.1 Å². The molecule has 136 valence electrons. The average Bonchev–Trinajstić information content (AvgIpc) is 3.08. The van der Waals surface area contributed by atoms with Crippen LogP contribution in [0.15, 0.2) is 48.8 Å². The first kappa shape index (κ1) is 17.9. The van der Waals surface area contributed by atoms with Crippen molar-refractivity contribution in [1.82, 2.24) is 9.88 Å². The zero-order valence-electron chi connectivity index (χ0n) is 15.1. The molecule has 1 aromatic heterocycles. The molecule has 2 aromatic rings. The minimum atomic E-state index is -0.299. The second-order valence-corrected chi connectivity index (χ2v) is 6.47. The van der Waals surface area contributed by atoms with Gasteiger partial charge in [-0.1, -0.05) is 0 Å². The fraction of sp³-hybridized carbons (Fsp3) is 0.350. The van der Waals surface area contributed by atoms with Gasteiger partial charge in [0.15, 0.2) is 0 Å². The number of pyridine rings is 1. The van der Waals surface area contributed by atoms with Gasteiger partial charge in [-0.2, -0.15) is 0 Å². The molecule has 1 fully saturated rings. The monoisotopic (exact) mass is 353 g/mol. The quantitative estimate of drug-likeness (QED) is 0.798. The van der Waals surface area contributed by atoms with Gasteiger partial charge >= 0.3 is 0 Å². The van der Waals surface area contributed by atoms with Crippen LogP contribution in [0.25, 0.3) is 0 Å². The highest BCUT2D eigenvalue weighted by atomic mass is 16.5. The first-order valence-electron chi connectivity index (χ1n) is 8.67. The van der Waals surface area contributed by atoms with E-state index in [1.54, 1.807) is 36.4 Å². The molecule has 2 amide bonds. The number of anilines is 1. The molecule has 0 aliphatic carbocycles. The van der Waals surface area contributed by atoms with E-state index in [9.17, 15) is 9.59 Å². The lowest BCUT2D eigenvalue weighted by atomic mass is 10.1. The molecule has 0 N–H and O–H groups in total. The highest BCUT2D eigenvalue weighted by Crippen LogP contribution is 2.27. The maximum atomic E-state index is 12.7. The van der Waals surface area contributed by atoms with Gasteiger partial charge in [-0.05, 0) is 48.4 Å². The molecule has 1 unspecified atom stereocenters. The van der Waals surface area contributed by atoms with Crippen molar-refractivity contribution in [2.75, 3.05) is 32.1 Å². The molecule has 1 aliphatic rings. The van der Waals surface area contributed by atoms with E-state index >= 15 is 0 Å². The molecule has 0 radical (unpaired) electrons. The number of ether oxygens (including phenoxy) is 1. The summed E-state index contributed by atoms with van der Waals surface area (Å²) in [4.78, 5) is 32.5. The highest BCUT2D eigenvalue weighted by Gasteiger charge is 2.36. The van der Waals surface area contributed by atoms with E-state index in [1.807, 2.05) is 36.4 Å². The fourth-order valence-electron chi connectivity index (χ4n) is 3.15. The molecule has 0 saturated carbocycles. The fourth-order valence-corrected chi connectivity index (χ4v) is 3.15. The van der Waals surface area contributed by atoms with Crippen LogP contribution in [0.3, 0.4) is 0 Å². The number of carbonyl (C=O) groups is 2. The number of hydrogen-bond donors (Lipinski definition) is 0. The van der Waals surface area contributed by atoms with Gasteiger partial charge in [-0.15, -0.1) is 0 Å². The summed E-state index contributed by atoms with van der Waals surface area (Å²) >= 11 is 0. The molecule has 1 atom stereocenters. The molecule has 3 rings (SSSR count). The van der Waals surface area contributed by atoms with Gasteiger partial charge in [-0.25, -0.2) is 0 Å². The first-order valence-corrected chi connectivity index (χ1v) is 8.67. The maximum Gasteiger partial charge on any atom is 0.227 e. The second kappa shape index (κ2) is 7.99. The lowest BCUT2D eigenvalue weighted by molar-refractivity contribution is -0.134. The van der Waals surface area contributed by atoms with E-state index in [-0.39, 0.29) is 24.2 Å². The van der Waals surface area contributed by atoms with Gasteiger partial charge in [0, 0.05) is 44.6 Å². The number of benzene rings is 1. The summed E-state index contributed by atoms with van der Waals surface area (Å²) in [6.45, 7) is 1.04. The summed E-state index contributed by atoms with van der Waals surface area (Å²) in [5, 5.41) is 0. The molecule has 6 heteroatoms. The molecule has 1 aromatic carbocycles. The van der Waals surface area contributed by atoms with E-state index in [4.69, 9.17) is 4.74 Å². The Balaban J connectivity index is 1.59. The number of methoxy groups -OCH3 is 1. The van der Waals surface area contributed by atoms with Crippen molar-refractivity contribution in [3.05, 3.63) is 54.4 Å². The zero-order chi connectivity index (χ0) is 18.5. The summed E-state index contributed by atoms with van der Waals surface area (Å²) in [5.74, 6) is 0.440. The number of hydrogen-bond acceptors (Lipinski definition) is 4. The molecule has 0 spiro atoms. The SMILES string of the molecule is COc1ccc(N2CC(C(=O)N(C)CCc3ccncc3)CC2=O)cc1. The van der Waals surface area contributed by atoms with Gasteiger partial charge in [0.1, 0.15) is 5.75 Å². The summed E-state index contributed by atoms with van der Waals surface area (Å²) in [7, 11) is 3.40. The van der Waals surface area contributed by atoms with Crippen LogP contribution in [-0.2, 0) is 16.0 Å². The summed E-state index contributed by atoms with van der Waals surface area (Å²) in [6.07, 6.45) is 4.52. The number of carbonyl (C=O) groups excluding carboxylic acids is 2. The minimum Gasteiger partial charge on any atom is -0.497 e. The van der Waals surface area contributed by atoms with Crippen molar-refractivity contribution in [2.24, 2.45) is 5.92 Å². The van der Waals surface area contributed by atoms with Crippen LogP contribution >= 0.6 is 0 Å². The van der Waals surface area contributed by atoms with Crippen molar-refractivity contribution in [2.45, 2.75) is 12.8 Å². The molecule has 1 saturated heterocycles. The maximum absolute atomic E-state index is 12.7. The third kappa shape index (κ3) is 4.02. The van der Waals surface area contributed by atoms with E-state index in [0.717, 1.165) is 23.4 Å². The van der Waals surface area contributed by atoms with Crippen molar-refractivity contribution >= 4 is 17.5 Å². The predicted molar refractivity (Wildman–Crippen MR) is 99.0 cm³/mol.